The van der Waals surface area contributed by atoms with Gasteiger partial charge in [-0.2, -0.15) is 11.8 Å². The lowest BCUT2D eigenvalue weighted by molar-refractivity contribution is -0.195. The molecule has 5 aliphatic rings. The molecule has 1 aliphatic heterocycles. The monoisotopic (exact) mass is 421 g/mol. The summed E-state index contributed by atoms with van der Waals surface area (Å²) in [5.74, 6) is 1.82. The molecule has 3 N–H and O–H groups in total. The Hall–Kier alpha value is -0.100. The second kappa shape index (κ2) is 7.50. The third-order valence-corrected chi connectivity index (χ3v) is 11.8. The van der Waals surface area contributed by atoms with Crippen LogP contribution in [0.5, 0.6) is 0 Å². The van der Waals surface area contributed by atoms with Gasteiger partial charge >= 0.3 is 0 Å². The van der Waals surface area contributed by atoms with Crippen LogP contribution in [-0.4, -0.2) is 52.3 Å². The fraction of sp³-hybridized carbons (Fsp3) is 0.958. The van der Waals surface area contributed by atoms with E-state index in [0.29, 0.717) is 35.2 Å². The lowest BCUT2D eigenvalue weighted by Gasteiger charge is -2.64. The zero-order valence-electron chi connectivity index (χ0n) is 18.1. The number of carbonyl (C=O) groups is 1. The molecule has 4 aliphatic carbocycles. The van der Waals surface area contributed by atoms with Crippen molar-refractivity contribution in [2.24, 2.45) is 40.4 Å². The van der Waals surface area contributed by atoms with Crippen LogP contribution in [0.15, 0.2) is 0 Å². The number of ketones is 1. The summed E-state index contributed by atoms with van der Waals surface area (Å²) in [7, 11) is 0. The minimum atomic E-state index is -0.449. The van der Waals surface area contributed by atoms with Gasteiger partial charge in [0.2, 0.25) is 0 Å². The zero-order valence-corrected chi connectivity index (χ0v) is 18.9. The molecule has 5 heteroatoms. The molecule has 4 nitrogen and oxygen atoms in total. The van der Waals surface area contributed by atoms with Gasteiger partial charge in [0.15, 0.2) is 0 Å². The summed E-state index contributed by atoms with van der Waals surface area (Å²) >= 11 is 2.17. The number of hydrogen-bond donors (Lipinski definition) is 3. The third kappa shape index (κ3) is 3.08. The molecular formula is C24H39NO3S. The molecule has 5 rings (SSSR count). The number of thioether (sulfide) groups is 1. The molecular weight excluding hydrogens is 382 g/mol. The SMILES string of the molecule is C[C@]12CCC(S[C@H]3CCNC3)CC1C(CO)C(O)[C@@H]1[C@H]2CC[C@]2(C)C(=O)CC[C@@H]12. The highest BCUT2D eigenvalue weighted by Crippen LogP contribution is 2.67. The van der Waals surface area contributed by atoms with Crippen LogP contribution in [0.4, 0.5) is 0 Å². The van der Waals surface area contributed by atoms with Gasteiger partial charge in [-0.05, 0) is 80.6 Å². The van der Waals surface area contributed by atoms with Crippen LogP contribution in [-0.2, 0) is 4.79 Å². The van der Waals surface area contributed by atoms with Crippen LogP contribution < -0.4 is 5.32 Å². The minimum Gasteiger partial charge on any atom is -0.396 e. The van der Waals surface area contributed by atoms with Crippen molar-refractivity contribution < 1.29 is 15.0 Å². The zero-order chi connectivity index (χ0) is 20.4. The first-order valence-electron chi connectivity index (χ1n) is 12.1. The summed E-state index contributed by atoms with van der Waals surface area (Å²) in [6.45, 7) is 7.01. The van der Waals surface area contributed by atoms with Crippen molar-refractivity contribution in [1.29, 1.82) is 0 Å². The van der Waals surface area contributed by atoms with E-state index in [9.17, 15) is 15.0 Å². The van der Waals surface area contributed by atoms with Gasteiger partial charge in [0.25, 0.3) is 0 Å². The molecule has 10 atom stereocenters. The van der Waals surface area contributed by atoms with Gasteiger partial charge in [0.05, 0.1) is 6.10 Å². The normalized spacial score (nSPS) is 54.7. The van der Waals surface area contributed by atoms with E-state index in [4.69, 9.17) is 0 Å². The summed E-state index contributed by atoms with van der Waals surface area (Å²) < 4.78 is 0. The molecule has 29 heavy (non-hydrogen) atoms. The van der Waals surface area contributed by atoms with Gasteiger partial charge in [-0.3, -0.25) is 4.79 Å². The van der Waals surface area contributed by atoms with Crippen molar-refractivity contribution in [2.45, 2.75) is 81.8 Å². The van der Waals surface area contributed by atoms with Gasteiger partial charge in [-0.15, -0.1) is 0 Å². The van der Waals surface area contributed by atoms with E-state index in [0.717, 1.165) is 44.0 Å². The van der Waals surface area contributed by atoms with Crippen molar-refractivity contribution in [1.82, 2.24) is 5.32 Å². The fourth-order valence-corrected chi connectivity index (χ4v) is 10.1. The Balaban J connectivity index is 1.41. The summed E-state index contributed by atoms with van der Waals surface area (Å²) in [5.41, 5.74) is -0.0247. The van der Waals surface area contributed by atoms with E-state index < -0.39 is 6.10 Å². The molecule has 4 unspecified atom stereocenters. The molecule has 5 fully saturated rings. The highest BCUT2D eigenvalue weighted by molar-refractivity contribution is 8.00. The first kappa shape index (κ1) is 20.8. The number of aliphatic hydroxyl groups is 2. The first-order chi connectivity index (χ1) is 13.9. The number of aliphatic hydroxyl groups excluding tert-OH is 2. The summed E-state index contributed by atoms with van der Waals surface area (Å²) in [6, 6.07) is 0. The third-order valence-electron chi connectivity index (χ3n) is 10.2. The molecule has 0 amide bonds. The molecule has 4 saturated carbocycles. The summed E-state index contributed by atoms with van der Waals surface area (Å²) in [6.07, 6.45) is 8.17. The van der Waals surface area contributed by atoms with Gasteiger partial charge in [0, 0.05) is 41.4 Å². The Morgan fingerprint density at radius 2 is 1.90 bits per heavy atom. The largest absolute Gasteiger partial charge is 0.396 e. The Kier molecular flexibility index (Phi) is 5.37. The van der Waals surface area contributed by atoms with Crippen molar-refractivity contribution in [2.75, 3.05) is 19.7 Å². The standard InChI is InChI=1S/C24H39NO3S/c1-23-8-5-14(29-15-7-10-25-12-15)11-19(23)16(13-26)22(28)21-17-3-4-20(27)24(17,2)9-6-18(21)23/h14-19,21-22,25-26,28H,3-13H2,1-2H3/t14?,15-,16?,17-,18+,19?,21-,22?,23+,24-/m0/s1. The van der Waals surface area contributed by atoms with Crippen LogP contribution in [0, 0.1) is 40.4 Å². The van der Waals surface area contributed by atoms with Crippen LogP contribution >= 0.6 is 11.8 Å². The van der Waals surface area contributed by atoms with Crippen LogP contribution in [0.3, 0.4) is 0 Å². The van der Waals surface area contributed by atoms with Crippen molar-refractivity contribution in [3.05, 3.63) is 0 Å². The van der Waals surface area contributed by atoms with E-state index in [1.54, 1.807) is 0 Å². The molecule has 0 spiro atoms. The lowest BCUT2D eigenvalue weighted by Crippen LogP contribution is -2.62. The topological polar surface area (TPSA) is 69.6 Å². The van der Waals surface area contributed by atoms with Gasteiger partial charge in [0.1, 0.15) is 5.78 Å². The van der Waals surface area contributed by atoms with E-state index in [2.05, 4.69) is 30.9 Å². The maximum atomic E-state index is 12.7. The van der Waals surface area contributed by atoms with E-state index >= 15 is 0 Å². The summed E-state index contributed by atoms with van der Waals surface area (Å²) in [5, 5.41) is 26.8. The number of carbonyl (C=O) groups excluding carboxylic acids is 1. The number of hydrogen-bond acceptors (Lipinski definition) is 5. The maximum absolute atomic E-state index is 12.7. The molecule has 0 radical (unpaired) electrons. The van der Waals surface area contributed by atoms with Crippen molar-refractivity contribution >= 4 is 17.5 Å². The second-order valence-electron chi connectivity index (χ2n) is 11.3. The predicted molar refractivity (Wildman–Crippen MR) is 117 cm³/mol. The minimum absolute atomic E-state index is 0.0237. The van der Waals surface area contributed by atoms with Gasteiger partial charge in [-0.25, -0.2) is 0 Å². The predicted octanol–water partition coefficient (Wildman–Crippen LogP) is 3.25. The van der Waals surface area contributed by atoms with E-state index in [1.165, 1.54) is 19.3 Å². The summed E-state index contributed by atoms with van der Waals surface area (Å²) in [4.78, 5) is 12.7. The van der Waals surface area contributed by atoms with Crippen LogP contribution in [0.1, 0.15) is 65.2 Å². The first-order valence-corrected chi connectivity index (χ1v) is 13.0. The molecule has 0 aromatic rings. The van der Waals surface area contributed by atoms with Crippen LogP contribution in [0.2, 0.25) is 0 Å². The smallest absolute Gasteiger partial charge is 0.139 e. The quantitative estimate of drug-likeness (QED) is 0.653. The molecule has 164 valence electrons. The lowest BCUT2D eigenvalue weighted by atomic mass is 9.42. The van der Waals surface area contributed by atoms with Gasteiger partial charge in [-0.1, -0.05) is 13.8 Å². The molecule has 0 aromatic carbocycles. The maximum Gasteiger partial charge on any atom is 0.139 e. The Bertz CT molecular complexity index is 652. The average Bonchev–Trinajstić information content (AvgIpc) is 3.31. The number of Topliss-reactive ketones (excluding diaryl/α,β-unsaturated/α-hetero) is 1. The Morgan fingerprint density at radius 1 is 1.07 bits per heavy atom. The Labute approximate surface area is 180 Å². The van der Waals surface area contributed by atoms with E-state index in [1.807, 2.05) is 0 Å². The number of rotatable bonds is 3. The van der Waals surface area contributed by atoms with Crippen molar-refractivity contribution in [3.63, 3.8) is 0 Å². The number of nitrogens with one attached hydrogen (secondary N) is 1. The van der Waals surface area contributed by atoms with E-state index in [-0.39, 0.29) is 29.3 Å². The van der Waals surface area contributed by atoms with Gasteiger partial charge < -0.3 is 15.5 Å². The highest BCUT2D eigenvalue weighted by atomic mass is 32.2. The molecule has 0 aromatic heterocycles. The average molecular weight is 422 g/mol. The van der Waals surface area contributed by atoms with Crippen molar-refractivity contribution in [3.8, 4) is 0 Å². The number of fused-ring (bicyclic) bond motifs is 5. The Morgan fingerprint density at radius 3 is 2.62 bits per heavy atom. The molecule has 1 saturated heterocycles. The molecule has 0 bridgehead atoms. The highest BCUT2D eigenvalue weighted by Gasteiger charge is 2.64. The van der Waals surface area contributed by atoms with Crippen LogP contribution in [0.25, 0.3) is 0 Å². The second-order valence-corrected chi connectivity index (χ2v) is 12.9. The fourth-order valence-electron chi connectivity index (χ4n) is 8.56. The molecule has 1 heterocycles.